The maximum atomic E-state index is 6.14. The van der Waals surface area contributed by atoms with Crippen LogP contribution in [-0.2, 0) is 19.3 Å². The molecule has 1 aromatic carbocycles. The van der Waals surface area contributed by atoms with Gasteiger partial charge in [0.25, 0.3) is 0 Å². The second-order valence-electron chi connectivity index (χ2n) is 5.78. The topological polar surface area (TPSA) is 26.0 Å². The van der Waals surface area contributed by atoms with Crippen molar-refractivity contribution in [1.82, 2.24) is 0 Å². The third-order valence-corrected chi connectivity index (χ3v) is 5.30. The van der Waals surface area contributed by atoms with Gasteiger partial charge >= 0.3 is 0 Å². The van der Waals surface area contributed by atoms with E-state index in [4.69, 9.17) is 5.73 Å². The van der Waals surface area contributed by atoms with E-state index in [1.54, 1.807) is 11.3 Å². The van der Waals surface area contributed by atoms with E-state index in [0.717, 1.165) is 13.0 Å². The summed E-state index contributed by atoms with van der Waals surface area (Å²) in [6, 6.07) is 11.1. The molecular weight excluding hydrogens is 250 g/mol. The molecule has 1 unspecified atom stereocenters. The van der Waals surface area contributed by atoms with E-state index in [1.165, 1.54) is 42.4 Å². The molecule has 2 heteroatoms. The summed E-state index contributed by atoms with van der Waals surface area (Å²) in [5, 5.41) is 4.43. The summed E-state index contributed by atoms with van der Waals surface area (Å²) < 4.78 is 0. The van der Waals surface area contributed by atoms with Crippen LogP contribution in [0.5, 0.6) is 0 Å². The maximum absolute atomic E-state index is 6.14. The highest BCUT2D eigenvalue weighted by Crippen LogP contribution is 2.38. The van der Waals surface area contributed by atoms with E-state index >= 15 is 0 Å². The van der Waals surface area contributed by atoms with Crippen molar-refractivity contribution < 1.29 is 0 Å². The summed E-state index contributed by atoms with van der Waals surface area (Å²) in [5.41, 5.74) is 11.0. The number of aryl methyl sites for hydroxylation is 2. The Morgan fingerprint density at radius 1 is 1.16 bits per heavy atom. The highest BCUT2D eigenvalue weighted by Gasteiger charge is 2.32. The summed E-state index contributed by atoms with van der Waals surface area (Å²) >= 11 is 1.79. The summed E-state index contributed by atoms with van der Waals surface area (Å²) in [6.07, 6.45) is 5.98. The minimum Gasteiger partial charge on any atom is -0.330 e. The second-order valence-corrected chi connectivity index (χ2v) is 6.56. The van der Waals surface area contributed by atoms with E-state index in [1.807, 2.05) is 0 Å². The fourth-order valence-electron chi connectivity index (χ4n) is 3.20. The zero-order valence-electron chi connectivity index (χ0n) is 11.3. The van der Waals surface area contributed by atoms with Crippen molar-refractivity contribution in [1.29, 1.82) is 0 Å². The van der Waals surface area contributed by atoms with Gasteiger partial charge in [-0.1, -0.05) is 24.3 Å². The van der Waals surface area contributed by atoms with Crippen LogP contribution in [0.15, 0.2) is 41.1 Å². The molecule has 0 bridgehead atoms. The van der Waals surface area contributed by atoms with Gasteiger partial charge in [-0.3, -0.25) is 0 Å². The molecule has 1 aliphatic carbocycles. The fourth-order valence-corrected chi connectivity index (χ4v) is 3.90. The van der Waals surface area contributed by atoms with E-state index in [2.05, 4.69) is 41.1 Å². The molecule has 3 rings (SSSR count). The summed E-state index contributed by atoms with van der Waals surface area (Å²) in [4.78, 5) is 0. The Balaban J connectivity index is 1.74. The normalized spacial score (nSPS) is 22.2. The molecule has 100 valence electrons. The lowest BCUT2D eigenvalue weighted by atomic mass is 9.69. The first-order chi connectivity index (χ1) is 9.31. The number of rotatable bonds is 4. The highest BCUT2D eigenvalue weighted by molar-refractivity contribution is 7.07. The molecule has 0 saturated heterocycles. The van der Waals surface area contributed by atoms with Gasteiger partial charge in [-0.25, -0.2) is 0 Å². The molecule has 1 atom stereocenters. The number of nitrogens with two attached hydrogens (primary N) is 1. The minimum atomic E-state index is 0.316. The molecule has 2 N–H and O–H groups in total. The number of hydrogen-bond donors (Lipinski definition) is 1. The van der Waals surface area contributed by atoms with Gasteiger partial charge in [0.15, 0.2) is 0 Å². The number of fused-ring (bicyclic) bond motifs is 1. The largest absolute Gasteiger partial charge is 0.330 e. The van der Waals surface area contributed by atoms with Crippen molar-refractivity contribution in [2.24, 2.45) is 11.1 Å². The Morgan fingerprint density at radius 2 is 2.00 bits per heavy atom. The Hall–Kier alpha value is -1.12. The van der Waals surface area contributed by atoms with Gasteiger partial charge < -0.3 is 5.73 Å². The molecule has 0 amide bonds. The van der Waals surface area contributed by atoms with Crippen LogP contribution >= 0.6 is 11.3 Å². The van der Waals surface area contributed by atoms with Crippen LogP contribution in [0.25, 0.3) is 0 Å². The lowest BCUT2D eigenvalue weighted by Gasteiger charge is -2.37. The Kier molecular flexibility index (Phi) is 3.72. The minimum absolute atomic E-state index is 0.316. The van der Waals surface area contributed by atoms with Crippen LogP contribution in [0.1, 0.15) is 29.5 Å². The molecule has 1 nitrogen and oxygen atoms in total. The van der Waals surface area contributed by atoms with Crippen LogP contribution < -0.4 is 5.73 Å². The smallest absolute Gasteiger partial charge is 0.00171 e. The Bertz CT molecular complexity index is 532. The molecule has 1 aliphatic rings. The Labute approximate surface area is 119 Å². The van der Waals surface area contributed by atoms with Crippen LogP contribution in [0, 0.1) is 5.41 Å². The van der Waals surface area contributed by atoms with Gasteiger partial charge in [-0.2, -0.15) is 11.3 Å². The molecule has 0 radical (unpaired) electrons. The molecule has 2 aromatic rings. The maximum Gasteiger partial charge on any atom is -0.00171 e. The fraction of sp³-hybridized carbons (Fsp3) is 0.412. The predicted octanol–water partition coefficient (Wildman–Crippen LogP) is 3.81. The molecule has 0 fully saturated rings. The molecule has 0 aliphatic heterocycles. The van der Waals surface area contributed by atoms with Crippen molar-refractivity contribution in [2.45, 2.75) is 32.1 Å². The number of thiophene rings is 1. The summed E-state index contributed by atoms with van der Waals surface area (Å²) in [7, 11) is 0. The average Bonchev–Trinajstić information content (AvgIpc) is 2.98. The first kappa shape index (κ1) is 12.9. The first-order valence-corrected chi connectivity index (χ1v) is 8.04. The third-order valence-electron chi connectivity index (χ3n) is 4.57. The molecular formula is C17H21NS. The van der Waals surface area contributed by atoms with E-state index in [0.29, 0.717) is 5.41 Å². The van der Waals surface area contributed by atoms with Gasteiger partial charge in [0.05, 0.1) is 0 Å². The van der Waals surface area contributed by atoms with Crippen LogP contribution in [-0.4, -0.2) is 6.54 Å². The summed E-state index contributed by atoms with van der Waals surface area (Å²) in [6.45, 7) is 0.811. The lowest BCUT2D eigenvalue weighted by Crippen LogP contribution is -2.36. The van der Waals surface area contributed by atoms with Gasteiger partial charge in [0, 0.05) is 0 Å². The van der Waals surface area contributed by atoms with Crippen LogP contribution in [0.3, 0.4) is 0 Å². The standard InChI is InChI=1S/C17H21NS/c18-13-17(8-5-14-7-10-19-12-14)9-6-15-3-1-2-4-16(15)11-17/h1-4,7,10,12H,5-6,8-9,11,13,18H2. The SMILES string of the molecule is NCC1(CCc2ccsc2)CCc2ccccc2C1. The first-order valence-electron chi connectivity index (χ1n) is 7.09. The van der Waals surface area contributed by atoms with Crippen LogP contribution in [0.4, 0.5) is 0 Å². The van der Waals surface area contributed by atoms with Crippen LogP contribution in [0.2, 0.25) is 0 Å². The van der Waals surface area contributed by atoms with Gasteiger partial charge in [0.2, 0.25) is 0 Å². The molecule has 1 heterocycles. The summed E-state index contributed by atoms with van der Waals surface area (Å²) in [5.74, 6) is 0. The van der Waals surface area contributed by atoms with Crippen molar-refractivity contribution >= 4 is 11.3 Å². The third kappa shape index (κ3) is 2.75. The Morgan fingerprint density at radius 3 is 2.74 bits per heavy atom. The van der Waals surface area contributed by atoms with Gasteiger partial charge in [-0.15, -0.1) is 0 Å². The van der Waals surface area contributed by atoms with Crippen molar-refractivity contribution in [3.8, 4) is 0 Å². The molecule has 0 saturated carbocycles. The zero-order chi connectivity index (χ0) is 13.1. The zero-order valence-corrected chi connectivity index (χ0v) is 12.1. The molecule has 0 spiro atoms. The number of benzene rings is 1. The van der Waals surface area contributed by atoms with Gasteiger partial charge in [0.1, 0.15) is 0 Å². The van der Waals surface area contributed by atoms with Crippen molar-refractivity contribution in [3.05, 3.63) is 57.8 Å². The van der Waals surface area contributed by atoms with E-state index in [9.17, 15) is 0 Å². The quantitative estimate of drug-likeness (QED) is 0.899. The highest BCUT2D eigenvalue weighted by atomic mass is 32.1. The molecule has 1 aromatic heterocycles. The van der Waals surface area contributed by atoms with E-state index < -0.39 is 0 Å². The average molecular weight is 271 g/mol. The van der Waals surface area contributed by atoms with Crippen molar-refractivity contribution in [3.63, 3.8) is 0 Å². The van der Waals surface area contributed by atoms with E-state index in [-0.39, 0.29) is 0 Å². The van der Waals surface area contributed by atoms with Gasteiger partial charge in [-0.05, 0) is 77.6 Å². The monoisotopic (exact) mass is 271 g/mol. The molecule has 19 heavy (non-hydrogen) atoms. The lowest BCUT2D eigenvalue weighted by molar-refractivity contribution is 0.235. The second kappa shape index (κ2) is 5.48. The predicted molar refractivity (Wildman–Crippen MR) is 82.6 cm³/mol. The van der Waals surface area contributed by atoms with Crippen molar-refractivity contribution in [2.75, 3.05) is 6.54 Å². The number of hydrogen-bond acceptors (Lipinski definition) is 2.